The number of amides is 1. The smallest absolute Gasteiger partial charge is 0.244 e. The van der Waals surface area contributed by atoms with Gasteiger partial charge >= 0.3 is 0 Å². The third kappa shape index (κ3) is 4.75. The molecule has 0 aromatic carbocycles. The summed E-state index contributed by atoms with van der Waals surface area (Å²) >= 11 is 0. The van der Waals surface area contributed by atoms with Crippen LogP contribution in [0.5, 0.6) is 0 Å². The molecular formula is C14H21NO3. The molecule has 2 N–H and O–H groups in total. The van der Waals surface area contributed by atoms with Crippen LogP contribution < -0.4 is 5.32 Å². The zero-order valence-electron chi connectivity index (χ0n) is 10.9. The molecule has 0 saturated carbocycles. The average molecular weight is 251 g/mol. The van der Waals surface area contributed by atoms with Gasteiger partial charge < -0.3 is 14.8 Å². The zero-order chi connectivity index (χ0) is 13.4. The van der Waals surface area contributed by atoms with Crippen LogP contribution in [0.25, 0.3) is 6.08 Å². The molecule has 1 aromatic heterocycles. The van der Waals surface area contributed by atoms with E-state index < -0.39 is 6.10 Å². The number of hydrogen-bond donors (Lipinski definition) is 2. The highest BCUT2D eigenvalue weighted by molar-refractivity contribution is 5.91. The SMILES string of the molecule is CCC(CC)C(O)CNC(=O)/C=C/c1ccco1. The van der Waals surface area contributed by atoms with Crippen LogP contribution in [-0.2, 0) is 4.79 Å². The summed E-state index contributed by atoms with van der Waals surface area (Å²) in [6.07, 6.45) is 5.89. The number of aliphatic hydroxyl groups is 1. The summed E-state index contributed by atoms with van der Waals surface area (Å²) in [4.78, 5) is 11.5. The number of rotatable bonds is 7. The fourth-order valence-electron chi connectivity index (χ4n) is 1.81. The van der Waals surface area contributed by atoms with Gasteiger partial charge in [0.15, 0.2) is 0 Å². The first-order valence-corrected chi connectivity index (χ1v) is 6.34. The van der Waals surface area contributed by atoms with Crippen molar-refractivity contribution in [2.75, 3.05) is 6.54 Å². The number of nitrogens with one attached hydrogen (secondary N) is 1. The van der Waals surface area contributed by atoms with E-state index in [0.29, 0.717) is 5.76 Å². The van der Waals surface area contributed by atoms with Crippen molar-refractivity contribution in [3.63, 3.8) is 0 Å². The highest BCUT2D eigenvalue weighted by Crippen LogP contribution is 2.12. The molecule has 1 aromatic rings. The Morgan fingerprint density at radius 2 is 2.22 bits per heavy atom. The molecule has 1 unspecified atom stereocenters. The molecule has 4 heteroatoms. The summed E-state index contributed by atoms with van der Waals surface area (Å²) in [7, 11) is 0. The summed E-state index contributed by atoms with van der Waals surface area (Å²) < 4.78 is 5.07. The number of carbonyl (C=O) groups excluding carboxylic acids is 1. The van der Waals surface area contributed by atoms with Gasteiger partial charge in [-0.2, -0.15) is 0 Å². The Balaban J connectivity index is 2.33. The molecule has 1 heterocycles. The predicted molar refractivity (Wildman–Crippen MR) is 70.8 cm³/mol. The van der Waals surface area contributed by atoms with E-state index in [2.05, 4.69) is 5.32 Å². The van der Waals surface area contributed by atoms with E-state index in [1.54, 1.807) is 24.5 Å². The second kappa shape index (κ2) is 7.71. The third-order valence-electron chi connectivity index (χ3n) is 3.02. The van der Waals surface area contributed by atoms with E-state index in [1.165, 1.54) is 6.08 Å². The van der Waals surface area contributed by atoms with Gasteiger partial charge in [0.1, 0.15) is 5.76 Å². The topological polar surface area (TPSA) is 62.5 Å². The minimum Gasteiger partial charge on any atom is -0.465 e. The Hall–Kier alpha value is -1.55. The Morgan fingerprint density at radius 1 is 1.50 bits per heavy atom. The van der Waals surface area contributed by atoms with Crippen LogP contribution in [0.15, 0.2) is 28.9 Å². The number of hydrogen-bond acceptors (Lipinski definition) is 3. The van der Waals surface area contributed by atoms with Gasteiger partial charge in [0.25, 0.3) is 0 Å². The molecule has 0 aliphatic rings. The molecular weight excluding hydrogens is 230 g/mol. The molecule has 18 heavy (non-hydrogen) atoms. The largest absolute Gasteiger partial charge is 0.465 e. The van der Waals surface area contributed by atoms with Crippen molar-refractivity contribution in [2.45, 2.75) is 32.8 Å². The van der Waals surface area contributed by atoms with E-state index in [1.807, 2.05) is 13.8 Å². The molecule has 4 nitrogen and oxygen atoms in total. The summed E-state index contributed by atoms with van der Waals surface area (Å²) in [5.74, 6) is 0.640. The van der Waals surface area contributed by atoms with Gasteiger partial charge in [-0.3, -0.25) is 4.79 Å². The van der Waals surface area contributed by atoms with E-state index in [0.717, 1.165) is 12.8 Å². The third-order valence-corrected chi connectivity index (χ3v) is 3.02. The van der Waals surface area contributed by atoms with Gasteiger partial charge in [-0.1, -0.05) is 26.7 Å². The van der Waals surface area contributed by atoms with Crippen molar-refractivity contribution in [2.24, 2.45) is 5.92 Å². The molecule has 0 radical (unpaired) electrons. The van der Waals surface area contributed by atoms with Crippen LogP contribution in [0, 0.1) is 5.92 Å². The lowest BCUT2D eigenvalue weighted by molar-refractivity contribution is -0.117. The van der Waals surface area contributed by atoms with Gasteiger partial charge in [-0.05, 0) is 24.1 Å². The maximum Gasteiger partial charge on any atom is 0.244 e. The Morgan fingerprint density at radius 3 is 2.78 bits per heavy atom. The molecule has 0 aliphatic heterocycles. The average Bonchev–Trinajstić information content (AvgIpc) is 2.88. The zero-order valence-corrected chi connectivity index (χ0v) is 10.9. The van der Waals surface area contributed by atoms with Crippen molar-refractivity contribution in [3.8, 4) is 0 Å². The maximum absolute atomic E-state index is 11.5. The van der Waals surface area contributed by atoms with E-state index in [9.17, 15) is 9.90 Å². The van der Waals surface area contributed by atoms with Crippen molar-refractivity contribution in [3.05, 3.63) is 30.2 Å². The molecule has 1 atom stereocenters. The predicted octanol–water partition coefficient (Wildman–Crippen LogP) is 2.21. The fraction of sp³-hybridized carbons (Fsp3) is 0.500. The Labute approximate surface area is 108 Å². The lowest BCUT2D eigenvalue weighted by atomic mass is 9.96. The van der Waals surface area contributed by atoms with E-state index in [-0.39, 0.29) is 18.4 Å². The summed E-state index contributed by atoms with van der Waals surface area (Å²) in [5, 5.41) is 12.5. The van der Waals surface area contributed by atoms with Gasteiger partial charge in [-0.25, -0.2) is 0 Å². The lowest BCUT2D eigenvalue weighted by Crippen LogP contribution is -2.35. The van der Waals surface area contributed by atoms with Gasteiger partial charge in [0, 0.05) is 12.6 Å². The molecule has 0 aliphatic carbocycles. The van der Waals surface area contributed by atoms with E-state index in [4.69, 9.17) is 4.42 Å². The first kappa shape index (κ1) is 14.5. The second-order valence-corrected chi connectivity index (χ2v) is 4.24. The van der Waals surface area contributed by atoms with Gasteiger partial charge in [0.05, 0.1) is 12.4 Å². The van der Waals surface area contributed by atoms with Crippen LogP contribution >= 0.6 is 0 Å². The van der Waals surface area contributed by atoms with Gasteiger partial charge in [0.2, 0.25) is 5.91 Å². The molecule has 100 valence electrons. The van der Waals surface area contributed by atoms with Crippen LogP contribution in [0.4, 0.5) is 0 Å². The fourth-order valence-corrected chi connectivity index (χ4v) is 1.81. The standard InChI is InChI=1S/C14H21NO3/c1-3-11(4-2)13(16)10-15-14(17)8-7-12-6-5-9-18-12/h5-9,11,13,16H,3-4,10H2,1-2H3,(H,15,17)/b8-7+. The summed E-state index contributed by atoms with van der Waals surface area (Å²) in [5.41, 5.74) is 0. The molecule has 0 bridgehead atoms. The first-order valence-electron chi connectivity index (χ1n) is 6.34. The highest BCUT2D eigenvalue weighted by atomic mass is 16.3. The van der Waals surface area contributed by atoms with Crippen LogP contribution in [0.1, 0.15) is 32.4 Å². The number of carbonyl (C=O) groups is 1. The minimum atomic E-state index is -0.485. The highest BCUT2D eigenvalue weighted by Gasteiger charge is 2.15. The normalized spacial score (nSPS) is 13.1. The van der Waals surface area contributed by atoms with Crippen LogP contribution in [0.3, 0.4) is 0 Å². The first-order chi connectivity index (χ1) is 8.67. The molecule has 0 spiro atoms. The monoisotopic (exact) mass is 251 g/mol. The molecule has 0 saturated heterocycles. The lowest BCUT2D eigenvalue weighted by Gasteiger charge is -2.19. The van der Waals surface area contributed by atoms with Crippen molar-refractivity contribution >= 4 is 12.0 Å². The van der Waals surface area contributed by atoms with Crippen LogP contribution in [-0.4, -0.2) is 23.7 Å². The maximum atomic E-state index is 11.5. The Kier molecular flexibility index (Phi) is 6.22. The van der Waals surface area contributed by atoms with Crippen molar-refractivity contribution < 1.29 is 14.3 Å². The van der Waals surface area contributed by atoms with Gasteiger partial charge in [-0.15, -0.1) is 0 Å². The molecule has 0 fully saturated rings. The molecule has 1 rings (SSSR count). The van der Waals surface area contributed by atoms with E-state index >= 15 is 0 Å². The van der Waals surface area contributed by atoms with Crippen molar-refractivity contribution in [1.29, 1.82) is 0 Å². The summed E-state index contributed by atoms with van der Waals surface area (Å²) in [6, 6.07) is 3.53. The second-order valence-electron chi connectivity index (χ2n) is 4.24. The van der Waals surface area contributed by atoms with Crippen LogP contribution in [0.2, 0.25) is 0 Å². The molecule has 1 amide bonds. The Bertz CT molecular complexity index is 366. The minimum absolute atomic E-state index is 0.226. The number of furan rings is 1. The number of aliphatic hydroxyl groups excluding tert-OH is 1. The summed E-state index contributed by atoms with van der Waals surface area (Å²) in [6.45, 7) is 4.36. The quantitative estimate of drug-likeness (QED) is 0.730. The van der Waals surface area contributed by atoms with Crippen molar-refractivity contribution in [1.82, 2.24) is 5.32 Å².